The second-order valence-corrected chi connectivity index (χ2v) is 2.84. The molecule has 1 aromatic heterocycles. The molecule has 0 saturated carbocycles. The van der Waals surface area contributed by atoms with E-state index in [4.69, 9.17) is 5.73 Å². The van der Waals surface area contributed by atoms with Crippen molar-refractivity contribution in [3.05, 3.63) is 27.3 Å². The lowest BCUT2D eigenvalue weighted by Crippen LogP contribution is -1.99. The minimum absolute atomic E-state index is 0.302. The Morgan fingerprint density at radius 3 is 2.90 bits per heavy atom. The molecule has 1 aromatic rings. The first-order valence-electron chi connectivity index (χ1n) is 2.74. The summed E-state index contributed by atoms with van der Waals surface area (Å²) in [5.74, 6) is -0.302. The average Bonchev–Trinajstić information content (AvgIpc) is 1.95. The maximum Gasteiger partial charge on any atom is 0.155 e. The molecule has 4 heteroatoms. The molecule has 0 spiro atoms. The molecule has 0 atom stereocenters. The summed E-state index contributed by atoms with van der Waals surface area (Å²) in [6.07, 6.45) is 1.57. The number of rotatable bonds is 1. The van der Waals surface area contributed by atoms with Gasteiger partial charge in [-0.3, -0.25) is 0 Å². The minimum Gasteiger partial charge on any atom is -0.326 e. The van der Waals surface area contributed by atoms with Gasteiger partial charge in [-0.25, -0.2) is 9.37 Å². The molecule has 0 aromatic carbocycles. The van der Waals surface area contributed by atoms with Crippen LogP contribution in [-0.2, 0) is 6.54 Å². The molecule has 0 unspecified atom stereocenters. The zero-order valence-corrected chi connectivity index (χ0v) is 7.30. The zero-order valence-electron chi connectivity index (χ0n) is 5.14. The van der Waals surface area contributed by atoms with Crippen molar-refractivity contribution in [1.29, 1.82) is 0 Å². The fourth-order valence-corrected chi connectivity index (χ4v) is 0.867. The van der Waals surface area contributed by atoms with Crippen molar-refractivity contribution in [2.75, 3.05) is 0 Å². The van der Waals surface area contributed by atoms with Crippen molar-refractivity contribution in [2.45, 2.75) is 6.54 Å². The molecule has 0 bridgehead atoms. The van der Waals surface area contributed by atoms with Gasteiger partial charge in [0.15, 0.2) is 5.82 Å². The molecule has 0 amide bonds. The van der Waals surface area contributed by atoms with Crippen LogP contribution in [0.15, 0.2) is 12.3 Å². The molecule has 0 saturated heterocycles. The first-order valence-corrected chi connectivity index (χ1v) is 3.82. The lowest BCUT2D eigenvalue weighted by molar-refractivity contribution is 0.609. The minimum atomic E-state index is -0.302. The van der Waals surface area contributed by atoms with E-state index in [2.05, 4.69) is 4.98 Å². The first kappa shape index (κ1) is 7.87. The third kappa shape index (κ3) is 1.63. The lowest BCUT2D eigenvalue weighted by Gasteiger charge is -1.96. The normalized spacial score (nSPS) is 9.90. The molecule has 1 heterocycles. The Bertz CT molecular complexity index is 239. The predicted octanol–water partition coefficient (Wildman–Crippen LogP) is 1.28. The molecule has 54 valence electrons. The Balaban J connectivity index is 3.04. The summed E-state index contributed by atoms with van der Waals surface area (Å²) < 4.78 is 13.0. The van der Waals surface area contributed by atoms with Gasteiger partial charge in [0.25, 0.3) is 0 Å². The molecular formula is C6H6FIN2. The number of pyridine rings is 1. The van der Waals surface area contributed by atoms with Gasteiger partial charge in [0.2, 0.25) is 0 Å². The molecule has 0 aliphatic heterocycles. The Morgan fingerprint density at radius 1 is 1.70 bits per heavy atom. The summed E-state index contributed by atoms with van der Waals surface area (Å²) in [7, 11) is 0. The van der Waals surface area contributed by atoms with E-state index < -0.39 is 0 Å². The SMILES string of the molecule is NCc1cnc(I)c(F)c1. The standard InChI is InChI=1S/C6H6FIN2/c7-5-1-4(2-9)3-10-6(5)8/h1,3H,2,9H2. The monoisotopic (exact) mass is 252 g/mol. The highest BCUT2D eigenvalue weighted by molar-refractivity contribution is 14.1. The summed E-state index contributed by atoms with van der Waals surface area (Å²) in [6.45, 7) is 0.334. The van der Waals surface area contributed by atoms with Crippen LogP contribution >= 0.6 is 22.6 Å². The Kier molecular flexibility index (Phi) is 2.56. The van der Waals surface area contributed by atoms with E-state index in [0.29, 0.717) is 10.2 Å². The maximum absolute atomic E-state index is 12.6. The first-order chi connectivity index (χ1) is 4.74. The fraction of sp³-hybridized carbons (Fsp3) is 0.167. The van der Waals surface area contributed by atoms with Gasteiger partial charge in [-0.15, -0.1) is 0 Å². The van der Waals surface area contributed by atoms with E-state index in [1.807, 2.05) is 22.6 Å². The van der Waals surface area contributed by atoms with E-state index in [-0.39, 0.29) is 5.82 Å². The molecule has 0 radical (unpaired) electrons. The quantitative estimate of drug-likeness (QED) is 0.604. The molecule has 10 heavy (non-hydrogen) atoms. The molecule has 2 nitrogen and oxygen atoms in total. The molecule has 2 N–H and O–H groups in total. The smallest absolute Gasteiger partial charge is 0.155 e. The van der Waals surface area contributed by atoms with E-state index in [1.54, 1.807) is 6.20 Å². The molecule has 1 rings (SSSR count). The maximum atomic E-state index is 12.6. The summed E-state index contributed by atoms with van der Waals surface area (Å²) in [6, 6.07) is 1.40. The topological polar surface area (TPSA) is 38.9 Å². The van der Waals surface area contributed by atoms with E-state index >= 15 is 0 Å². The second-order valence-electron chi connectivity index (χ2n) is 1.82. The summed E-state index contributed by atoms with van der Waals surface area (Å²) >= 11 is 1.83. The molecule has 0 aliphatic carbocycles. The van der Waals surface area contributed by atoms with Crippen LogP contribution in [0.2, 0.25) is 0 Å². The van der Waals surface area contributed by atoms with E-state index in [1.165, 1.54) is 6.07 Å². The summed E-state index contributed by atoms with van der Waals surface area (Å²) in [4.78, 5) is 3.78. The van der Waals surface area contributed by atoms with Gasteiger partial charge >= 0.3 is 0 Å². The third-order valence-electron chi connectivity index (χ3n) is 1.09. The van der Waals surface area contributed by atoms with Crippen LogP contribution < -0.4 is 5.73 Å². The molecular weight excluding hydrogens is 246 g/mol. The summed E-state index contributed by atoms with van der Waals surface area (Å²) in [5, 5.41) is 0. The van der Waals surface area contributed by atoms with Crippen molar-refractivity contribution in [3.63, 3.8) is 0 Å². The van der Waals surface area contributed by atoms with Crippen LogP contribution in [0.5, 0.6) is 0 Å². The van der Waals surface area contributed by atoms with Gasteiger partial charge in [0, 0.05) is 12.7 Å². The largest absolute Gasteiger partial charge is 0.326 e. The lowest BCUT2D eigenvalue weighted by atomic mass is 10.3. The highest BCUT2D eigenvalue weighted by Gasteiger charge is 1.99. The highest BCUT2D eigenvalue weighted by atomic mass is 127. The van der Waals surface area contributed by atoms with Gasteiger partial charge in [-0.2, -0.15) is 0 Å². The zero-order chi connectivity index (χ0) is 7.56. The van der Waals surface area contributed by atoms with Crippen LogP contribution in [0.3, 0.4) is 0 Å². The number of hydrogen-bond acceptors (Lipinski definition) is 2. The van der Waals surface area contributed by atoms with Crippen LogP contribution in [0, 0.1) is 9.52 Å². The predicted molar refractivity (Wildman–Crippen MR) is 44.8 cm³/mol. The van der Waals surface area contributed by atoms with Crippen molar-refractivity contribution in [2.24, 2.45) is 5.73 Å². The second kappa shape index (κ2) is 3.25. The third-order valence-corrected chi connectivity index (χ3v) is 1.88. The number of hydrogen-bond donors (Lipinski definition) is 1. The van der Waals surface area contributed by atoms with Crippen LogP contribution in [0.1, 0.15) is 5.56 Å². The van der Waals surface area contributed by atoms with Gasteiger partial charge in [-0.1, -0.05) is 0 Å². The van der Waals surface area contributed by atoms with Crippen molar-refractivity contribution in [1.82, 2.24) is 4.98 Å². The molecule has 0 fully saturated rings. The van der Waals surface area contributed by atoms with Gasteiger partial charge in [-0.05, 0) is 34.2 Å². The van der Waals surface area contributed by atoms with Crippen LogP contribution in [-0.4, -0.2) is 4.98 Å². The number of nitrogens with two attached hydrogens (primary N) is 1. The molecule has 0 aliphatic rings. The fourth-order valence-electron chi connectivity index (χ4n) is 0.572. The van der Waals surface area contributed by atoms with E-state index in [9.17, 15) is 4.39 Å². The Morgan fingerprint density at radius 2 is 2.40 bits per heavy atom. The van der Waals surface area contributed by atoms with Crippen molar-refractivity contribution < 1.29 is 4.39 Å². The Hall–Kier alpha value is -0.230. The number of halogens is 2. The van der Waals surface area contributed by atoms with Crippen LogP contribution in [0.25, 0.3) is 0 Å². The Labute approximate surface area is 71.8 Å². The van der Waals surface area contributed by atoms with Gasteiger partial charge in [0.1, 0.15) is 3.70 Å². The number of aromatic nitrogens is 1. The van der Waals surface area contributed by atoms with Gasteiger partial charge < -0.3 is 5.73 Å². The van der Waals surface area contributed by atoms with Crippen molar-refractivity contribution >= 4 is 22.6 Å². The van der Waals surface area contributed by atoms with Crippen molar-refractivity contribution in [3.8, 4) is 0 Å². The average molecular weight is 252 g/mol. The number of nitrogens with zero attached hydrogens (tertiary/aromatic N) is 1. The summed E-state index contributed by atoms with van der Waals surface area (Å²) in [5.41, 5.74) is 5.98. The van der Waals surface area contributed by atoms with E-state index in [0.717, 1.165) is 5.56 Å². The highest BCUT2D eigenvalue weighted by Crippen LogP contribution is 2.08. The van der Waals surface area contributed by atoms with Crippen LogP contribution in [0.4, 0.5) is 4.39 Å². The van der Waals surface area contributed by atoms with Gasteiger partial charge in [0.05, 0.1) is 0 Å².